The number of piperidine rings is 3. The standard InChI is InChI=1S/C13H20N4O2/c1-18-11-7-12(19-2)16-13(15-11)14-10-8-17-5-3-9(10)4-6-17/h7,9-10H,3-6,8H2,1-2H3,(H,14,15,16). The van der Waals surface area contributed by atoms with Crippen molar-refractivity contribution >= 4 is 5.95 Å². The highest BCUT2D eigenvalue weighted by Gasteiger charge is 2.34. The Bertz CT molecular complexity index is 424. The summed E-state index contributed by atoms with van der Waals surface area (Å²) in [5.74, 6) is 2.37. The first kappa shape index (κ1) is 12.5. The average Bonchev–Trinajstić information content (AvgIpc) is 2.48. The van der Waals surface area contributed by atoms with Crippen LogP contribution in [0.1, 0.15) is 12.8 Å². The van der Waals surface area contributed by atoms with Crippen molar-refractivity contribution in [2.45, 2.75) is 18.9 Å². The largest absolute Gasteiger partial charge is 0.481 e. The number of rotatable bonds is 4. The molecule has 6 nitrogen and oxygen atoms in total. The van der Waals surface area contributed by atoms with E-state index < -0.39 is 0 Å². The van der Waals surface area contributed by atoms with Gasteiger partial charge in [-0.2, -0.15) is 9.97 Å². The average molecular weight is 264 g/mol. The van der Waals surface area contributed by atoms with Crippen molar-refractivity contribution in [1.29, 1.82) is 0 Å². The lowest BCUT2D eigenvalue weighted by Crippen LogP contribution is -2.53. The van der Waals surface area contributed by atoms with Crippen molar-refractivity contribution in [2.24, 2.45) is 5.92 Å². The maximum Gasteiger partial charge on any atom is 0.229 e. The summed E-state index contributed by atoms with van der Waals surface area (Å²) >= 11 is 0. The molecule has 104 valence electrons. The molecule has 1 atom stereocenters. The molecule has 3 aliphatic heterocycles. The number of methoxy groups -OCH3 is 2. The van der Waals surface area contributed by atoms with Gasteiger partial charge in [-0.25, -0.2) is 0 Å². The molecule has 0 saturated carbocycles. The van der Waals surface area contributed by atoms with Crippen molar-refractivity contribution < 1.29 is 9.47 Å². The Morgan fingerprint density at radius 3 is 2.26 bits per heavy atom. The molecule has 1 aromatic heterocycles. The minimum atomic E-state index is 0.430. The second kappa shape index (κ2) is 5.21. The number of hydrogen-bond acceptors (Lipinski definition) is 6. The lowest BCUT2D eigenvalue weighted by atomic mass is 9.84. The first-order valence-electron chi connectivity index (χ1n) is 6.74. The van der Waals surface area contributed by atoms with Crippen LogP contribution >= 0.6 is 0 Å². The summed E-state index contributed by atoms with van der Waals surface area (Å²) in [6.45, 7) is 3.53. The van der Waals surface area contributed by atoms with Crippen molar-refractivity contribution in [3.63, 3.8) is 0 Å². The van der Waals surface area contributed by atoms with E-state index >= 15 is 0 Å². The molecule has 19 heavy (non-hydrogen) atoms. The number of ether oxygens (including phenoxy) is 2. The zero-order valence-corrected chi connectivity index (χ0v) is 11.4. The van der Waals surface area contributed by atoms with Gasteiger partial charge in [0.2, 0.25) is 17.7 Å². The van der Waals surface area contributed by atoms with Gasteiger partial charge in [0.15, 0.2) is 0 Å². The highest BCUT2D eigenvalue weighted by Crippen LogP contribution is 2.29. The molecule has 1 N–H and O–H groups in total. The van der Waals surface area contributed by atoms with Gasteiger partial charge in [-0.1, -0.05) is 0 Å². The molecule has 6 heteroatoms. The number of nitrogens with zero attached hydrogens (tertiary/aromatic N) is 3. The molecule has 1 aromatic rings. The van der Waals surface area contributed by atoms with E-state index in [2.05, 4.69) is 20.2 Å². The molecule has 4 heterocycles. The normalized spacial score (nSPS) is 29.1. The van der Waals surface area contributed by atoms with Gasteiger partial charge in [-0.3, -0.25) is 0 Å². The van der Waals surface area contributed by atoms with Gasteiger partial charge < -0.3 is 19.7 Å². The lowest BCUT2D eigenvalue weighted by molar-refractivity contribution is 0.0971. The summed E-state index contributed by atoms with van der Waals surface area (Å²) in [6.07, 6.45) is 2.53. The predicted octanol–water partition coefficient (Wildman–Crippen LogP) is 1.000. The van der Waals surface area contributed by atoms with Crippen LogP contribution in [-0.4, -0.2) is 54.8 Å². The molecule has 4 rings (SSSR count). The van der Waals surface area contributed by atoms with Gasteiger partial charge in [-0.15, -0.1) is 0 Å². The molecule has 3 saturated heterocycles. The van der Waals surface area contributed by atoms with Gasteiger partial charge in [-0.05, 0) is 31.8 Å². The monoisotopic (exact) mass is 264 g/mol. The maximum absolute atomic E-state index is 5.17. The van der Waals surface area contributed by atoms with Crippen molar-refractivity contribution in [3.8, 4) is 11.8 Å². The Morgan fingerprint density at radius 1 is 1.16 bits per heavy atom. The van der Waals surface area contributed by atoms with Gasteiger partial charge >= 0.3 is 0 Å². The number of fused-ring (bicyclic) bond motifs is 3. The van der Waals surface area contributed by atoms with Gasteiger partial charge in [0, 0.05) is 12.6 Å². The van der Waals surface area contributed by atoms with Crippen LogP contribution in [-0.2, 0) is 0 Å². The van der Waals surface area contributed by atoms with E-state index in [4.69, 9.17) is 9.47 Å². The highest BCUT2D eigenvalue weighted by atomic mass is 16.5. The molecular weight excluding hydrogens is 244 g/mol. The number of nitrogens with one attached hydrogen (secondary N) is 1. The predicted molar refractivity (Wildman–Crippen MR) is 71.7 cm³/mol. The van der Waals surface area contributed by atoms with Crippen LogP contribution in [0.3, 0.4) is 0 Å². The highest BCUT2D eigenvalue weighted by molar-refractivity contribution is 5.35. The van der Waals surface area contributed by atoms with Crippen LogP contribution < -0.4 is 14.8 Å². The van der Waals surface area contributed by atoms with E-state index in [1.807, 2.05) is 0 Å². The Balaban J connectivity index is 1.75. The zero-order chi connectivity index (χ0) is 13.2. The zero-order valence-electron chi connectivity index (χ0n) is 11.4. The van der Waals surface area contributed by atoms with Gasteiger partial charge in [0.25, 0.3) is 0 Å². The lowest BCUT2D eigenvalue weighted by Gasteiger charge is -2.44. The van der Waals surface area contributed by atoms with Crippen molar-refractivity contribution in [1.82, 2.24) is 14.9 Å². The Labute approximate surface area is 113 Å². The number of hydrogen-bond donors (Lipinski definition) is 1. The molecule has 0 amide bonds. The SMILES string of the molecule is COc1cc(OC)nc(NC2CN3CCC2CC3)n1. The summed E-state index contributed by atoms with van der Waals surface area (Å²) in [5.41, 5.74) is 0. The van der Waals surface area contributed by atoms with Crippen LogP contribution in [0.5, 0.6) is 11.8 Å². The van der Waals surface area contributed by atoms with E-state index in [1.165, 1.54) is 25.9 Å². The fourth-order valence-corrected chi connectivity index (χ4v) is 2.97. The van der Waals surface area contributed by atoms with E-state index in [-0.39, 0.29) is 0 Å². The minimum Gasteiger partial charge on any atom is -0.481 e. The second-order valence-electron chi connectivity index (χ2n) is 5.17. The third-order valence-electron chi connectivity index (χ3n) is 4.07. The quantitative estimate of drug-likeness (QED) is 0.875. The fourth-order valence-electron chi connectivity index (χ4n) is 2.97. The van der Waals surface area contributed by atoms with Crippen LogP contribution in [0.25, 0.3) is 0 Å². The molecule has 3 aliphatic rings. The maximum atomic E-state index is 5.17. The van der Waals surface area contributed by atoms with E-state index in [9.17, 15) is 0 Å². The van der Waals surface area contributed by atoms with Gasteiger partial charge in [0.1, 0.15) is 0 Å². The van der Waals surface area contributed by atoms with Crippen LogP contribution in [0.4, 0.5) is 5.95 Å². The van der Waals surface area contributed by atoms with Crippen LogP contribution in [0.15, 0.2) is 6.07 Å². The number of anilines is 1. The first-order chi connectivity index (χ1) is 9.28. The van der Waals surface area contributed by atoms with Gasteiger partial charge in [0.05, 0.1) is 20.3 Å². The van der Waals surface area contributed by atoms with E-state index in [0.29, 0.717) is 23.8 Å². The molecule has 3 fully saturated rings. The van der Waals surface area contributed by atoms with Crippen LogP contribution in [0.2, 0.25) is 0 Å². The van der Waals surface area contributed by atoms with Crippen molar-refractivity contribution in [3.05, 3.63) is 6.07 Å². The second-order valence-corrected chi connectivity index (χ2v) is 5.17. The molecule has 0 aliphatic carbocycles. The molecule has 0 aromatic carbocycles. The van der Waals surface area contributed by atoms with Crippen LogP contribution in [0, 0.1) is 5.92 Å². The van der Waals surface area contributed by atoms with E-state index in [1.54, 1.807) is 20.3 Å². The smallest absolute Gasteiger partial charge is 0.229 e. The topological polar surface area (TPSA) is 59.5 Å². The van der Waals surface area contributed by atoms with E-state index in [0.717, 1.165) is 12.5 Å². The summed E-state index contributed by atoms with van der Waals surface area (Å²) < 4.78 is 10.3. The third-order valence-corrected chi connectivity index (χ3v) is 4.07. The Morgan fingerprint density at radius 2 is 1.79 bits per heavy atom. The minimum absolute atomic E-state index is 0.430. The number of aromatic nitrogens is 2. The Kier molecular flexibility index (Phi) is 3.42. The summed E-state index contributed by atoms with van der Waals surface area (Å²) in [7, 11) is 3.19. The summed E-state index contributed by atoms with van der Waals surface area (Å²) in [6, 6.07) is 2.11. The summed E-state index contributed by atoms with van der Waals surface area (Å²) in [5, 5.41) is 3.44. The summed E-state index contributed by atoms with van der Waals surface area (Å²) in [4.78, 5) is 11.2. The van der Waals surface area contributed by atoms with Crippen molar-refractivity contribution in [2.75, 3.05) is 39.2 Å². The molecule has 0 spiro atoms. The fraction of sp³-hybridized carbons (Fsp3) is 0.692. The molecular formula is C13H20N4O2. The first-order valence-corrected chi connectivity index (χ1v) is 6.74. The molecule has 1 unspecified atom stereocenters. The molecule has 2 bridgehead atoms. The third kappa shape index (κ3) is 2.58. The Hall–Kier alpha value is -1.56. The molecule has 0 radical (unpaired) electrons.